The monoisotopic (exact) mass is 1260 g/mol. The zero-order valence-corrected chi connectivity index (χ0v) is 56.3. The molecular formula is C57H63BrK2N4O15S2. The average molecular weight is 1270 g/mol. The van der Waals surface area contributed by atoms with Crippen LogP contribution < -0.4 is 127 Å². The van der Waals surface area contributed by atoms with Crippen molar-refractivity contribution in [3.8, 4) is 24.7 Å². The summed E-state index contributed by atoms with van der Waals surface area (Å²) in [6.45, 7) is 7.34. The van der Waals surface area contributed by atoms with Crippen molar-refractivity contribution in [2.75, 3.05) is 72.2 Å². The molecule has 2 atom stereocenters. The number of carbonyl (C=O) groups excluding carboxylic acids is 5. The van der Waals surface area contributed by atoms with Crippen LogP contribution in [0.4, 0.5) is 22.7 Å². The zero-order valence-electron chi connectivity index (χ0n) is 47.8. The molecule has 19 nitrogen and oxygen atoms in total. The molecule has 24 heteroatoms. The Balaban J connectivity index is 0.00000134. The summed E-state index contributed by atoms with van der Waals surface area (Å²) in [5, 5.41) is 11.6. The number of esters is 4. The molecule has 0 aromatic heterocycles. The van der Waals surface area contributed by atoms with E-state index in [9.17, 15) is 36.0 Å². The van der Waals surface area contributed by atoms with Gasteiger partial charge in [-0.2, -0.15) is 0 Å². The van der Waals surface area contributed by atoms with Crippen LogP contribution in [0.3, 0.4) is 0 Å². The van der Waals surface area contributed by atoms with Crippen LogP contribution >= 0.6 is 15.9 Å². The van der Waals surface area contributed by atoms with Gasteiger partial charge in [-0.3, -0.25) is 33.0 Å². The molecular weight excluding hydrogens is 1200 g/mol. The minimum absolute atomic E-state index is 0. The Hall–Kier alpha value is -4.88. The summed E-state index contributed by atoms with van der Waals surface area (Å²) in [5.74, 6) is 3.63. The molecule has 0 aliphatic heterocycles. The summed E-state index contributed by atoms with van der Waals surface area (Å²) in [4.78, 5) is 61.3. The first-order valence-electron chi connectivity index (χ1n) is 23.8. The molecule has 422 valence electrons. The summed E-state index contributed by atoms with van der Waals surface area (Å²) in [6.07, 6.45) is 11.5. The van der Waals surface area contributed by atoms with Crippen LogP contribution in [-0.4, -0.2) is 113 Å². The third-order valence-electron chi connectivity index (χ3n) is 11.7. The van der Waals surface area contributed by atoms with E-state index >= 15 is 0 Å². The maximum Gasteiger partial charge on any atom is 1.00 e. The van der Waals surface area contributed by atoms with Crippen LogP contribution in [0.1, 0.15) is 39.2 Å². The number of hydrogen-bond acceptors (Lipinski definition) is 17. The number of sulfonamides is 2. The number of nitrogens with one attached hydrogen (secondary N) is 1. The second kappa shape index (κ2) is 37.3. The van der Waals surface area contributed by atoms with Crippen molar-refractivity contribution < 1.29 is 174 Å². The SMILES string of the molecule is C#CCN(c1ccc(N(CC(=O)OC)S(=O)(=O)c2ccc(C)cc2)c2ccccc12)[C@@H](C)CC(=O)OC.C#CCN(c1ccc(NS(=O)(=O)c2ccc(C)cc2)c2ccccc12)[C@@H](C)CC(=O)OC.COC(=O)CBr.O=CO[O-].[H-].[K+].[K+]. The van der Waals surface area contributed by atoms with E-state index in [1.165, 1.54) is 40.6 Å². The molecule has 81 heavy (non-hydrogen) atoms. The quantitative estimate of drug-likeness (QED) is 0.0166. The number of halogens is 1. The van der Waals surface area contributed by atoms with E-state index < -0.39 is 32.6 Å². The number of terminal acetylenes is 2. The molecule has 0 heterocycles. The molecule has 1 N–H and O–H groups in total. The summed E-state index contributed by atoms with van der Waals surface area (Å²) in [5.41, 5.74) is 4.20. The number of carbonyl (C=O) groups is 5. The number of hydrogen-bond donors (Lipinski definition) is 1. The number of fused-ring (bicyclic) bond motifs is 2. The van der Waals surface area contributed by atoms with Crippen LogP contribution in [-0.2, 0) is 67.9 Å². The normalized spacial score (nSPS) is 11.0. The second-order valence-electron chi connectivity index (χ2n) is 17.0. The second-order valence-corrected chi connectivity index (χ2v) is 21.1. The van der Waals surface area contributed by atoms with Gasteiger partial charge in [0.25, 0.3) is 26.5 Å². The van der Waals surface area contributed by atoms with Crippen molar-refractivity contribution in [3.63, 3.8) is 0 Å². The van der Waals surface area contributed by atoms with Crippen LogP contribution in [0.25, 0.3) is 21.5 Å². The van der Waals surface area contributed by atoms with Crippen LogP contribution in [0.15, 0.2) is 131 Å². The summed E-state index contributed by atoms with van der Waals surface area (Å²) in [6, 6.07) is 34.2. The molecule has 0 aliphatic rings. The van der Waals surface area contributed by atoms with Crippen molar-refractivity contribution in [1.82, 2.24) is 0 Å². The van der Waals surface area contributed by atoms with Gasteiger partial charge >= 0.3 is 127 Å². The number of methoxy groups -OCH3 is 4. The van der Waals surface area contributed by atoms with Crippen molar-refractivity contribution in [3.05, 3.63) is 132 Å². The molecule has 0 saturated carbocycles. The van der Waals surface area contributed by atoms with Crippen molar-refractivity contribution >= 4 is 111 Å². The van der Waals surface area contributed by atoms with E-state index in [4.69, 9.17) is 37.1 Å². The van der Waals surface area contributed by atoms with Gasteiger partial charge in [0.1, 0.15) is 11.9 Å². The minimum Gasteiger partial charge on any atom is -1.00 e. The van der Waals surface area contributed by atoms with Gasteiger partial charge < -0.3 is 40.3 Å². The average Bonchev–Trinajstić information content (AvgIpc) is 3.57. The number of anilines is 4. The first-order chi connectivity index (χ1) is 37.6. The van der Waals surface area contributed by atoms with Gasteiger partial charge in [0.15, 0.2) is 0 Å². The minimum atomic E-state index is -4.12. The summed E-state index contributed by atoms with van der Waals surface area (Å²) < 4.78 is 75.8. The van der Waals surface area contributed by atoms with Gasteiger partial charge in [0.2, 0.25) is 0 Å². The van der Waals surface area contributed by atoms with E-state index in [0.29, 0.717) is 22.1 Å². The molecule has 0 unspecified atom stereocenters. The number of nitrogens with zero attached hydrogens (tertiary/aromatic N) is 3. The molecule has 0 fully saturated rings. The Kier molecular flexibility index (Phi) is 34.2. The molecule has 6 aromatic rings. The summed E-state index contributed by atoms with van der Waals surface area (Å²) in [7, 11) is -2.64. The Bertz CT molecular complexity index is 3360. The number of aryl methyl sites for hydroxylation is 2. The maximum atomic E-state index is 13.8. The first-order valence-corrected chi connectivity index (χ1v) is 27.9. The molecule has 0 spiro atoms. The number of ether oxygens (including phenoxy) is 4. The smallest absolute Gasteiger partial charge is 1.00 e. The van der Waals surface area contributed by atoms with Crippen molar-refractivity contribution in [2.45, 2.75) is 62.4 Å². The maximum absolute atomic E-state index is 13.8. The Labute approximate surface area is 569 Å². The predicted molar refractivity (Wildman–Crippen MR) is 306 cm³/mol. The van der Waals surface area contributed by atoms with Crippen molar-refractivity contribution in [1.29, 1.82) is 0 Å². The molecule has 6 aromatic carbocycles. The number of benzene rings is 6. The molecule has 0 radical (unpaired) electrons. The van der Waals surface area contributed by atoms with Gasteiger partial charge in [-0.1, -0.05) is 112 Å². The van der Waals surface area contributed by atoms with Crippen LogP contribution in [0.2, 0.25) is 0 Å². The van der Waals surface area contributed by atoms with E-state index in [0.717, 1.165) is 37.6 Å². The van der Waals surface area contributed by atoms with Gasteiger partial charge in [-0.15, -0.1) is 12.8 Å². The standard InChI is InChI=1S/C28H30N2O6S.C25H26N2O4S.C3H5BrO2.CH2O3.2K.H/c1-6-17-29(21(3)18-27(31)35-4)25-15-16-26(24-10-8-7-9-23(24)25)30(19-28(32)36-5)37(33,34)22-13-11-20(2)12-14-22;1-5-16-27(19(3)17-25(28)31-4)24-15-14-23(21-8-6-7-9-22(21)24)26-32(29,30)20-12-10-18(2)11-13-20;1-6-3(5)2-4;2-1-4-3;;;/h1,7-16,21H,17-19H2,2-5H3;1,6-15,19,26H,16-17H2,2-4H3;2H2,1H3;1,3H;;;/q;;;;2*+1;-1/p-1/t21-;19-;;;;;/m00...../s1. The van der Waals surface area contributed by atoms with Gasteiger partial charge in [-0.05, 0) is 76.2 Å². The Morgan fingerprint density at radius 2 is 0.975 bits per heavy atom. The molecule has 6 rings (SSSR count). The molecule has 0 saturated heterocycles. The van der Waals surface area contributed by atoms with E-state index in [-0.39, 0.29) is 182 Å². The molecule has 0 bridgehead atoms. The fraction of sp³-hybridized carbons (Fsp3) is 0.281. The first kappa shape index (κ1) is 74.1. The predicted octanol–water partition coefficient (Wildman–Crippen LogP) is 1.36. The number of rotatable bonds is 20. The van der Waals surface area contributed by atoms with Crippen LogP contribution in [0, 0.1) is 38.5 Å². The van der Waals surface area contributed by atoms with Gasteiger partial charge in [0, 0.05) is 45.0 Å². The third kappa shape index (κ3) is 22.0. The third-order valence-corrected chi connectivity index (χ3v) is 15.3. The fourth-order valence-corrected chi connectivity index (χ4v) is 10.4. The molecule has 0 amide bonds. The van der Waals surface area contributed by atoms with E-state index in [1.807, 2.05) is 80.0 Å². The van der Waals surface area contributed by atoms with Gasteiger partial charge in [-0.25, -0.2) is 16.8 Å². The Morgan fingerprint density at radius 1 is 0.605 bits per heavy atom. The Morgan fingerprint density at radius 3 is 1.36 bits per heavy atom. The molecule has 0 aliphatic carbocycles. The topological polar surface area (TPSA) is 245 Å². The largest absolute Gasteiger partial charge is 1.00 e. The van der Waals surface area contributed by atoms with Gasteiger partial charge in [0.05, 0.1) is 75.5 Å². The van der Waals surface area contributed by atoms with E-state index in [1.54, 1.807) is 66.7 Å². The number of alkyl halides is 1. The van der Waals surface area contributed by atoms with Crippen molar-refractivity contribution in [2.24, 2.45) is 0 Å². The van der Waals surface area contributed by atoms with E-state index in [2.05, 4.69) is 42.1 Å². The van der Waals surface area contributed by atoms with Crippen LogP contribution in [0.5, 0.6) is 0 Å². The fourth-order valence-electron chi connectivity index (χ4n) is 7.68. The zero-order chi connectivity index (χ0) is 58.9. The summed E-state index contributed by atoms with van der Waals surface area (Å²) >= 11 is 2.90.